The first-order valence-corrected chi connectivity index (χ1v) is 8.45. The van der Waals surface area contributed by atoms with Crippen molar-refractivity contribution in [2.75, 3.05) is 13.2 Å². The summed E-state index contributed by atoms with van der Waals surface area (Å²) in [4.78, 5) is 0. The van der Waals surface area contributed by atoms with Gasteiger partial charge in [0.05, 0.1) is 25.9 Å². The summed E-state index contributed by atoms with van der Waals surface area (Å²) in [5.41, 5.74) is 1.99. The summed E-state index contributed by atoms with van der Waals surface area (Å²) in [6.45, 7) is 0.580. The molecule has 0 aliphatic carbocycles. The number of ether oxygens (including phenoxy) is 2. The molecule has 136 valence electrons. The van der Waals surface area contributed by atoms with Gasteiger partial charge in [0.1, 0.15) is 12.2 Å². The Kier molecular flexibility index (Phi) is 8.59. The molecule has 0 fully saturated rings. The van der Waals surface area contributed by atoms with Crippen molar-refractivity contribution in [1.82, 2.24) is 0 Å². The van der Waals surface area contributed by atoms with E-state index in [-0.39, 0.29) is 6.61 Å². The lowest BCUT2D eigenvalue weighted by Crippen LogP contribution is -2.42. The molecular weight excluding hydrogens is 320 g/mol. The Hall–Kier alpha value is -1.76. The Balaban J connectivity index is 1.78. The minimum absolute atomic E-state index is 0.254. The van der Waals surface area contributed by atoms with Crippen LogP contribution in [0.2, 0.25) is 0 Å². The topological polar surface area (TPSA) is 79.2 Å². The molecule has 2 rings (SSSR count). The highest BCUT2D eigenvalue weighted by Gasteiger charge is 2.27. The van der Waals surface area contributed by atoms with Gasteiger partial charge in [-0.1, -0.05) is 60.7 Å². The zero-order chi connectivity index (χ0) is 17.9. The van der Waals surface area contributed by atoms with Gasteiger partial charge in [-0.15, -0.1) is 0 Å². The van der Waals surface area contributed by atoms with E-state index >= 15 is 0 Å². The van der Waals surface area contributed by atoms with Crippen LogP contribution in [0.4, 0.5) is 0 Å². The van der Waals surface area contributed by atoms with E-state index in [0.29, 0.717) is 19.6 Å². The van der Waals surface area contributed by atoms with Gasteiger partial charge in [-0.05, 0) is 17.5 Å². The van der Waals surface area contributed by atoms with Crippen LogP contribution < -0.4 is 0 Å². The van der Waals surface area contributed by atoms with Gasteiger partial charge in [-0.25, -0.2) is 0 Å². The second-order valence-electron chi connectivity index (χ2n) is 5.91. The van der Waals surface area contributed by atoms with Gasteiger partial charge in [0.2, 0.25) is 0 Å². The number of aliphatic hydroxyl groups excluding tert-OH is 3. The molecule has 0 aliphatic rings. The zero-order valence-electron chi connectivity index (χ0n) is 14.2. The molecule has 5 nitrogen and oxygen atoms in total. The van der Waals surface area contributed by atoms with Crippen molar-refractivity contribution in [2.24, 2.45) is 0 Å². The Morgan fingerprint density at radius 2 is 1.32 bits per heavy atom. The van der Waals surface area contributed by atoms with Crippen LogP contribution in [0.25, 0.3) is 0 Å². The molecule has 5 heteroatoms. The smallest absolute Gasteiger partial charge is 0.112 e. The first-order valence-electron chi connectivity index (χ1n) is 8.45. The van der Waals surface area contributed by atoms with Crippen LogP contribution in [0.1, 0.15) is 17.5 Å². The average molecular weight is 346 g/mol. The largest absolute Gasteiger partial charge is 0.394 e. The lowest BCUT2D eigenvalue weighted by atomic mass is 10.1. The lowest BCUT2D eigenvalue weighted by Gasteiger charge is -2.27. The maximum Gasteiger partial charge on any atom is 0.112 e. The van der Waals surface area contributed by atoms with Crippen LogP contribution in [-0.2, 0) is 22.7 Å². The first kappa shape index (κ1) is 19.6. The fourth-order valence-electron chi connectivity index (χ4n) is 2.48. The van der Waals surface area contributed by atoms with Crippen LogP contribution in [0.15, 0.2) is 60.7 Å². The van der Waals surface area contributed by atoms with Crippen LogP contribution >= 0.6 is 0 Å². The highest BCUT2D eigenvalue weighted by molar-refractivity contribution is 5.14. The Labute approximate surface area is 148 Å². The number of benzene rings is 2. The molecule has 0 aromatic heterocycles. The van der Waals surface area contributed by atoms with E-state index < -0.39 is 24.9 Å². The van der Waals surface area contributed by atoms with Crippen LogP contribution in [0, 0.1) is 0 Å². The summed E-state index contributed by atoms with van der Waals surface area (Å²) in [5.74, 6) is 0. The number of aliphatic hydroxyl groups is 3. The number of hydrogen-bond acceptors (Lipinski definition) is 5. The Morgan fingerprint density at radius 3 is 1.88 bits per heavy atom. The molecule has 0 spiro atoms. The van der Waals surface area contributed by atoms with Crippen LogP contribution in [-0.4, -0.2) is 46.8 Å². The lowest BCUT2D eigenvalue weighted by molar-refractivity contribution is -0.124. The summed E-state index contributed by atoms with van der Waals surface area (Å²) in [5, 5.41) is 29.4. The normalized spacial score (nSPS) is 14.8. The zero-order valence-corrected chi connectivity index (χ0v) is 14.2. The van der Waals surface area contributed by atoms with Crippen molar-refractivity contribution < 1.29 is 24.8 Å². The second-order valence-corrected chi connectivity index (χ2v) is 5.91. The standard InChI is InChI=1S/C20H26O5/c21-13-19(23)20(25-15-17-9-5-2-6-10-17)18(22)11-12-24-14-16-7-3-1-4-8-16/h1-10,18-23H,11-15H2/t18-,19+,20+/m1/s1. The predicted molar refractivity (Wildman–Crippen MR) is 94.8 cm³/mol. The SMILES string of the molecule is OC[C@H](O)[C@@H](OCc1ccccc1)[C@H](O)CCOCc1ccccc1. The van der Waals surface area contributed by atoms with E-state index in [1.807, 2.05) is 60.7 Å². The highest BCUT2D eigenvalue weighted by atomic mass is 16.5. The molecule has 0 aliphatic heterocycles. The van der Waals surface area contributed by atoms with E-state index in [1.165, 1.54) is 0 Å². The van der Waals surface area contributed by atoms with Crippen molar-refractivity contribution in [3.05, 3.63) is 71.8 Å². The Morgan fingerprint density at radius 1 is 0.760 bits per heavy atom. The van der Waals surface area contributed by atoms with Gasteiger partial charge < -0.3 is 24.8 Å². The van der Waals surface area contributed by atoms with Gasteiger partial charge in [-0.2, -0.15) is 0 Å². The molecule has 3 N–H and O–H groups in total. The fraction of sp³-hybridized carbons (Fsp3) is 0.400. The third-order valence-electron chi connectivity index (χ3n) is 3.90. The maximum absolute atomic E-state index is 10.3. The molecule has 0 saturated heterocycles. The minimum atomic E-state index is -1.15. The number of rotatable bonds is 11. The molecule has 2 aromatic carbocycles. The average Bonchev–Trinajstić information content (AvgIpc) is 2.66. The fourth-order valence-corrected chi connectivity index (χ4v) is 2.48. The Bertz CT molecular complexity index is 575. The maximum atomic E-state index is 10.3. The molecular formula is C20H26O5. The quantitative estimate of drug-likeness (QED) is 0.542. The summed E-state index contributed by atoms with van der Waals surface area (Å²) in [6.07, 6.45) is -2.64. The van der Waals surface area contributed by atoms with E-state index in [4.69, 9.17) is 9.47 Å². The van der Waals surface area contributed by atoms with Crippen LogP contribution in [0.5, 0.6) is 0 Å². The highest BCUT2D eigenvalue weighted by Crippen LogP contribution is 2.13. The van der Waals surface area contributed by atoms with Crippen molar-refractivity contribution in [3.8, 4) is 0 Å². The molecule has 0 radical (unpaired) electrons. The summed E-state index contributed by atoms with van der Waals surface area (Å²) >= 11 is 0. The van der Waals surface area contributed by atoms with Gasteiger partial charge in [0, 0.05) is 6.61 Å². The molecule has 0 amide bonds. The van der Waals surface area contributed by atoms with E-state index in [2.05, 4.69) is 0 Å². The van der Waals surface area contributed by atoms with Crippen molar-refractivity contribution in [2.45, 2.75) is 37.9 Å². The predicted octanol–water partition coefficient (Wildman–Crippen LogP) is 1.89. The summed E-state index contributed by atoms with van der Waals surface area (Å²) < 4.78 is 11.2. The molecule has 0 unspecified atom stereocenters. The monoisotopic (exact) mass is 346 g/mol. The number of hydrogen-bond donors (Lipinski definition) is 3. The third-order valence-corrected chi connectivity index (χ3v) is 3.90. The first-order chi connectivity index (χ1) is 12.2. The van der Waals surface area contributed by atoms with Crippen molar-refractivity contribution >= 4 is 0 Å². The molecule has 0 saturated carbocycles. The van der Waals surface area contributed by atoms with E-state index in [0.717, 1.165) is 11.1 Å². The second kappa shape index (κ2) is 11.0. The minimum Gasteiger partial charge on any atom is -0.394 e. The van der Waals surface area contributed by atoms with Gasteiger partial charge in [0.15, 0.2) is 0 Å². The summed E-state index contributed by atoms with van der Waals surface area (Å²) in [7, 11) is 0. The molecule has 0 heterocycles. The van der Waals surface area contributed by atoms with Crippen LogP contribution in [0.3, 0.4) is 0 Å². The van der Waals surface area contributed by atoms with Gasteiger partial charge >= 0.3 is 0 Å². The third kappa shape index (κ3) is 6.94. The van der Waals surface area contributed by atoms with E-state index in [9.17, 15) is 15.3 Å². The van der Waals surface area contributed by atoms with Gasteiger partial charge in [-0.3, -0.25) is 0 Å². The molecule has 25 heavy (non-hydrogen) atoms. The summed E-state index contributed by atoms with van der Waals surface area (Å²) in [6, 6.07) is 19.3. The van der Waals surface area contributed by atoms with E-state index in [1.54, 1.807) is 0 Å². The molecule has 0 bridgehead atoms. The van der Waals surface area contributed by atoms with Crippen molar-refractivity contribution in [1.29, 1.82) is 0 Å². The molecule has 3 atom stereocenters. The van der Waals surface area contributed by atoms with Crippen molar-refractivity contribution in [3.63, 3.8) is 0 Å². The molecule has 2 aromatic rings. The van der Waals surface area contributed by atoms with Gasteiger partial charge in [0.25, 0.3) is 0 Å².